The molecule has 4 atom stereocenters. The van der Waals surface area contributed by atoms with E-state index in [1.54, 1.807) is 0 Å². The van der Waals surface area contributed by atoms with Gasteiger partial charge in [-0.15, -0.1) is 0 Å². The molecule has 0 aromatic rings. The van der Waals surface area contributed by atoms with Crippen molar-refractivity contribution >= 4 is 0 Å². The van der Waals surface area contributed by atoms with Gasteiger partial charge in [-0.3, -0.25) is 0 Å². The predicted octanol–water partition coefficient (Wildman–Crippen LogP) is 0.284. The van der Waals surface area contributed by atoms with Gasteiger partial charge in [0.1, 0.15) is 0 Å². The standard InChI is InChI=1S/C8H16N2/c1-3-6-7-5(8(7)9)4-10(6)2/h5-8H,3-4,9H2,1-2H3/t5-,6+,7-,8+/m0/s1. The van der Waals surface area contributed by atoms with Crippen LogP contribution in [0.3, 0.4) is 0 Å². The van der Waals surface area contributed by atoms with Gasteiger partial charge in [-0.05, 0) is 25.3 Å². The molecule has 0 unspecified atom stereocenters. The van der Waals surface area contributed by atoms with Gasteiger partial charge < -0.3 is 10.6 Å². The van der Waals surface area contributed by atoms with Crippen molar-refractivity contribution in [2.45, 2.75) is 25.4 Å². The summed E-state index contributed by atoms with van der Waals surface area (Å²) >= 11 is 0. The summed E-state index contributed by atoms with van der Waals surface area (Å²) in [5, 5.41) is 0. The van der Waals surface area contributed by atoms with Crippen LogP contribution in [0.2, 0.25) is 0 Å². The third-order valence-electron chi connectivity index (χ3n) is 3.22. The van der Waals surface area contributed by atoms with E-state index < -0.39 is 0 Å². The number of nitrogens with zero attached hydrogens (tertiary/aromatic N) is 1. The lowest BCUT2D eigenvalue weighted by atomic mass is 10.1. The van der Waals surface area contributed by atoms with Gasteiger partial charge in [-0.1, -0.05) is 6.92 Å². The maximum atomic E-state index is 5.87. The summed E-state index contributed by atoms with van der Waals surface area (Å²) in [6.07, 6.45) is 1.27. The largest absolute Gasteiger partial charge is 0.327 e. The zero-order valence-electron chi connectivity index (χ0n) is 6.75. The highest BCUT2D eigenvalue weighted by Crippen LogP contribution is 2.48. The summed E-state index contributed by atoms with van der Waals surface area (Å²) in [6.45, 7) is 3.50. The van der Waals surface area contributed by atoms with E-state index in [1.165, 1.54) is 13.0 Å². The Kier molecular flexibility index (Phi) is 1.29. The van der Waals surface area contributed by atoms with Crippen molar-refractivity contribution in [2.75, 3.05) is 13.6 Å². The van der Waals surface area contributed by atoms with Gasteiger partial charge in [0, 0.05) is 18.6 Å². The minimum Gasteiger partial charge on any atom is -0.327 e. The SMILES string of the molecule is CC[C@@H]1[C@H]2[C@H](N)[C@H]2CN1C. The Hall–Kier alpha value is -0.0800. The van der Waals surface area contributed by atoms with Crippen molar-refractivity contribution in [2.24, 2.45) is 17.6 Å². The first-order valence-corrected chi connectivity index (χ1v) is 4.21. The molecule has 1 saturated heterocycles. The molecule has 2 fully saturated rings. The first-order valence-electron chi connectivity index (χ1n) is 4.21. The van der Waals surface area contributed by atoms with E-state index in [0.717, 1.165) is 17.9 Å². The molecule has 1 heterocycles. The summed E-state index contributed by atoms with van der Waals surface area (Å²) < 4.78 is 0. The molecule has 0 aromatic heterocycles. The highest BCUT2D eigenvalue weighted by Gasteiger charge is 2.57. The maximum Gasteiger partial charge on any atom is 0.0137 e. The molecule has 1 saturated carbocycles. The highest BCUT2D eigenvalue weighted by atomic mass is 15.2. The summed E-state index contributed by atoms with van der Waals surface area (Å²) in [5.41, 5.74) is 5.87. The third kappa shape index (κ3) is 0.663. The Morgan fingerprint density at radius 1 is 1.60 bits per heavy atom. The van der Waals surface area contributed by atoms with Crippen molar-refractivity contribution in [3.05, 3.63) is 0 Å². The summed E-state index contributed by atoms with van der Waals surface area (Å²) in [5.74, 6) is 1.69. The average molecular weight is 140 g/mol. The quantitative estimate of drug-likeness (QED) is 0.567. The van der Waals surface area contributed by atoms with Crippen LogP contribution >= 0.6 is 0 Å². The Balaban J connectivity index is 2.04. The Morgan fingerprint density at radius 3 is 2.70 bits per heavy atom. The number of piperidine rings is 1. The smallest absolute Gasteiger partial charge is 0.0137 e. The molecular weight excluding hydrogens is 124 g/mol. The van der Waals surface area contributed by atoms with Crippen LogP contribution in [0.5, 0.6) is 0 Å². The summed E-state index contributed by atoms with van der Waals surface area (Å²) in [7, 11) is 2.22. The second-order valence-corrected chi connectivity index (χ2v) is 3.73. The molecule has 0 radical (unpaired) electrons. The van der Waals surface area contributed by atoms with E-state index in [4.69, 9.17) is 5.73 Å². The molecule has 0 aromatic carbocycles. The topological polar surface area (TPSA) is 29.3 Å². The lowest BCUT2D eigenvalue weighted by Crippen LogP contribution is -2.33. The Morgan fingerprint density at radius 2 is 2.30 bits per heavy atom. The second kappa shape index (κ2) is 1.95. The molecule has 0 amide bonds. The van der Waals surface area contributed by atoms with Gasteiger partial charge in [0.15, 0.2) is 0 Å². The van der Waals surface area contributed by atoms with Crippen LogP contribution in [-0.2, 0) is 0 Å². The number of fused-ring (bicyclic) bond motifs is 1. The van der Waals surface area contributed by atoms with E-state index >= 15 is 0 Å². The zero-order chi connectivity index (χ0) is 7.30. The van der Waals surface area contributed by atoms with E-state index in [0.29, 0.717) is 6.04 Å². The fraction of sp³-hybridized carbons (Fsp3) is 1.00. The van der Waals surface area contributed by atoms with Gasteiger partial charge >= 0.3 is 0 Å². The zero-order valence-corrected chi connectivity index (χ0v) is 6.75. The molecule has 2 aliphatic rings. The van der Waals surface area contributed by atoms with E-state index in [2.05, 4.69) is 18.9 Å². The Bertz CT molecular complexity index is 146. The molecular formula is C8H16N2. The normalized spacial score (nSPS) is 53.1. The second-order valence-electron chi connectivity index (χ2n) is 3.73. The van der Waals surface area contributed by atoms with Crippen LogP contribution in [0.1, 0.15) is 13.3 Å². The fourth-order valence-electron chi connectivity index (χ4n) is 2.56. The van der Waals surface area contributed by atoms with Crippen LogP contribution in [-0.4, -0.2) is 30.6 Å². The third-order valence-corrected chi connectivity index (χ3v) is 3.22. The molecule has 1 aliphatic heterocycles. The number of likely N-dealkylation sites (tertiary alicyclic amines) is 1. The van der Waals surface area contributed by atoms with Crippen molar-refractivity contribution in [3.8, 4) is 0 Å². The molecule has 0 spiro atoms. The van der Waals surface area contributed by atoms with E-state index in [1.807, 2.05) is 0 Å². The predicted molar refractivity (Wildman–Crippen MR) is 41.7 cm³/mol. The highest BCUT2D eigenvalue weighted by molar-refractivity contribution is 5.12. The molecule has 10 heavy (non-hydrogen) atoms. The summed E-state index contributed by atoms with van der Waals surface area (Å²) in [4.78, 5) is 2.46. The summed E-state index contributed by atoms with van der Waals surface area (Å²) in [6, 6.07) is 1.33. The molecule has 2 rings (SSSR count). The average Bonchev–Trinajstić information content (AvgIpc) is 2.45. The molecule has 2 N–H and O–H groups in total. The number of hydrogen-bond acceptors (Lipinski definition) is 2. The minimum absolute atomic E-state index is 0.543. The van der Waals surface area contributed by atoms with Gasteiger partial charge in [0.2, 0.25) is 0 Å². The first-order chi connectivity index (χ1) is 4.75. The van der Waals surface area contributed by atoms with E-state index in [-0.39, 0.29) is 0 Å². The van der Waals surface area contributed by atoms with Crippen LogP contribution in [0.15, 0.2) is 0 Å². The molecule has 2 nitrogen and oxygen atoms in total. The van der Waals surface area contributed by atoms with Crippen LogP contribution in [0.25, 0.3) is 0 Å². The molecule has 1 aliphatic carbocycles. The first kappa shape index (κ1) is 6.62. The van der Waals surface area contributed by atoms with Gasteiger partial charge in [0.25, 0.3) is 0 Å². The van der Waals surface area contributed by atoms with Crippen molar-refractivity contribution < 1.29 is 0 Å². The van der Waals surface area contributed by atoms with Gasteiger partial charge in [0.05, 0.1) is 0 Å². The number of hydrogen-bond donors (Lipinski definition) is 1. The van der Waals surface area contributed by atoms with Crippen molar-refractivity contribution in [1.29, 1.82) is 0 Å². The van der Waals surface area contributed by atoms with Crippen LogP contribution in [0, 0.1) is 11.8 Å². The van der Waals surface area contributed by atoms with Gasteiger partial charge in [-0.2, -0.15) is 0 Å². The molecule has 0 bridgehead atoms. The lowest BCUT2D eigenvalue weighted by molar-refractivity contribution is 0.255. The van der Waals surface area contributed by atoms with Crippen LogP contribution < -0.4 is 5.73 Å². The molecule has 58 valence electrons. The maximum absolute atomic E-state index is 5.87. The van der Waals surface area contributed by atoms with Crippen molar-refractivity contribution in [1.82, 2.24) is 4.90 Å². The van der Waals surface area contributed by atoms with E-state index in [9.17, 15) is 0 Å². The van der Waals surface area contributed by atoms with Crippen LogP contribution in [0.4, 0.5) is 0 Å². The number of rotatable bonds is 1. The fourth-order valence-corrected chi connectivity index (χ4v) is 2.56. The molecule has 2 heteroatoms. The monoisotopic (exact) mass is 140 g/mol. The lowest BCUT2D eigenvalue weighted by Gasteiger charge is -2.22. The Labute approximate surface area is 62.4 Å². The number of nitrogens with two attached hydrogens (primary N) is 1. The minimum atomic E-state index is 0.543. The van der Waals surface area contributed by atoms with Gasteiger partial charge in [-0.25, -0.2) is 0 Å². The van der Waals surface area contributed by atoms with Crippen molar-refractivity contribution in [3.63, 3.8) is 0 Å².